The Morgan fingerprint density at radius 3 is 2.68 bits per heavy atom. The largest absolute Gasteiger partial charge is 0.349 e. The summed E-state index contributed by atoms with van der Waals surface area (Å²) in [6.07, 6.45) is 3.78. The molecule has 0 aromatic carbocycles. The predicted octanol–water partition coefficient (Wildman–Crippen LogP) is 2.67. The van der Waals surface area contributed by atoms with Crippen LogP contribution < -0.4 is 10.2 Å². The molecule has 2 heterocycles. The molecule has 0 radical (unpaired) electrons. The third-order valence-corrected chi connectivity index (χ3v) is 3.96. The van der Waals surface area contributed by atoms with Crippen molar-refractivity contribution in [1.29, 1.82) is 0 Å². The van der Waals surface area contributed by atoms with Crippen LogP contribution in [-0.4, -0.2) is 23.1 Å². The number of nitrogens with one attached hydrogen (secondary N) is 1. The van der Waals surface area contributed by atoms with Gasteiger partial charge in [-0.1, -0.05) is 6.07 Å². The van der Waals surface area contributed by atoms with E-state index in [9.17, 15) is 0 Å². The van der Waals surface area contributed by atoms with Gasteiger partial charge in [0.15, 0.2) is 5.13 Å². The lowest BCUT2D eigenvalue weighted by Crippen LogP contribution is -2.21. The van der Waals surface area contributed by atoms with Gasteiger partial charge < -0.3 is 10.2 Å². The van der Waals surface area contributed by atoms with Crippen LogP contribution in [0.5, 0.6) is 0 Å². The van der Waals surface area contributed by atoms with E-state index in [2.05, 4.69) is 34.0 Å². The topological polar surface area (TPSA) is 41.1 Å². The molecular formula is C14H20N4S. The Labute approximate surface area is 118 Å². The number of thiazole rings is 1. The standard InChI is InChI=1S/C14H20N4S/c1-3-18(4-2)14-17-11-13(19-14)10-15-9-12-7-5-6-8-16-12/h5-8,11,15H,3-4,9-10H2,1-2H3. The van der Waals surface area contributed by atoms with E-state index >= 15 is 0 Å². The smallest absolute Gasteiger partial charge is 0.185 e. The number of anilines is 1. The summed E-state index contributed by atoms with van der Waals surface area (Å²) in [6, 6.07) is 5.97. The van der Waals surface area contributed by atoms with Crippen molar-refractivity contribution in [2.75, 3.05) is 18.0 Å². The Morgan fingerprint density at radius 1 is 1.16 bits per heavy atom. The molecule has 0 amide bonds. The Kier molecular flexibility index (Phi) is 5.30. The SMILES string of the molecule is CCN(CC)c1ncc(CNCc2ccccn2)s1. The molecule has 19 heavy (non-hydrogen) atoms. The lowest BCUT2D eigenvalue weighted by Gasteiger charge is -2.16. The minimum atomic E-state index is 0.791. The Morgan fingerprint density at radius 2 is 2.00 bits per heavy atom. The highest BCUT2D eigenvalue weighted by Crippen LogP contribution is 2.21. The molecule has 2 aromatic heterocycles. The van der Waals surface area contributed by atoms with Gasteiger partial charge in [-0.15, -0.1) is 11.3 Å². The molecule has 0 bridgehead atoms. The molecule has 0 saturated carbocycles. The first-order chi connectivity index (χ1) is 9.33. The molecule has 0 atom stereocenters. The second-order valence-corrected chi connectivity index (χ2v) is 5.30. The monoisotopic (exact) mass is 276 g/mol. The van der Waals surface area contributed by atoms with Crippen LogP contribution in [0.4, 0.5) is 5.13 Å². The van der Waals surface area contributed by atoms with Crippen LogP contribution >= 0.6 is 11.3 Å². The van der Waals surface area contributed by atoms with E-state index in [1.54, 1.807) is 11.3 Å². The van der Waals surface area contributed by atoms with Gasteiger partial charge in [-0.2, -0.15) is 0 Å². The Bertz CT molecular complexity index is 479. The lowest BCUT2D eigenvalue weighted by atomic mass is 10.3. The van der Waals surface area contributed by atoms with Gasteiger partial charge >= 0.3 is 0 Å². The van der Waals surface area contributed by atoms with Gasteiger partial charge in [0.2, 0.25) is 0 Å². The number of hydrogen-bond acceptors (Lipinski definition) is 5. The maximum Gasteiger partial charge on any atom is 0.185 e. The van der Waals surface area contributed by atoms with Gasteiger partial charge in [-0.3, -0.25) is 4.98 Å². The van der Waals surface area contributed by atoms with Crippen LogP contribution in [0.2, 0.25) is 0 Å². The maximum absolute atomic E-state index is 4.47. The maximum atomic E-state index is 4.47. The van der Waals surface area contributed by atoms with Crippen molar-refractivity contribution in [1.82, 2.24) is 15.3 Å². The van der Waals surface area contributed by atoms with Crippen molar-refractivity contribution in [3.63, 3.8) is 0 Å². The normalized spacial score (nSPS) is 10.6. The fourth-order valence-electron chi connectivity index (χ4n) is 1.84. The molecule has 0 spiro atoms. The quantitative estimate of drug-likeness (QED) is 0.844. The molecule has 0 aliphatic carbocycles. The molecule has 0 aliphatic rings. The van der Waals surface area contributed by atoms with Gasteiger partial charge in [0.05, 0.1) is 5.69 Å². The minimum Gasteiger partial charge on any atom is -0.349 e. The first-order valence-corrected chi connectivity index (χ1v) is 7.45. The van der Waals surface area contributed by atoms with E-state index in [0.29, 0.717) is 0 Å². The fourth-order valence-corrected chi connectivity index (χ4v) is 2.84. The number of aromatic nitrogens is 2. The highest BCUT2D eigenvalue weighted by Gasteiger charge is 2.07. The first-order valence-electron chi connectivity index (χ1n) is 6.63. The van der Waals surface area contributed by atoms with E-state index in [-0.39, 0.29) is 0 Å². The summed E-state index contributed by atoms with van der Waals surface area (Å²) in [5.74, 6) is 0. The van der Waals surface area contributed by atoms with Crippen molar-refractivity contribution < 1.29 is 0 Å². The van der Waals surface area contributed by atoms with Crippen LogP contribution in [0.15, 0.2) is 30.6 Å². The van der Waals surface area contributed by atoms with Gasteiger partial charge in [0.1, 0.15) is 0 Å². The van der Waals surface area contributed by atoms with Crippen LogP contribution in [0, 0.1) is 0 Å². The molecule has 2 rings (SSSR count). The lowest BCUT2D eigenvalue weighted by molar-refractivity contribution is 0.686. The minimum absolute atomic E-state index is 0.791. The van der Waals surface area contributed by atoms with Crippen molar-refractivity contribution in [3.05, 3.63) is 41.2 Å². The van der Waals surface area contributed by atoms with Crippen molar-refractivity contribution >= 4 is 16.5 Å². The van der Waals surface area contributed by atoms with E-state index < -0.39 is 0 Å². The second kappa shape index (κ2) is 7.21. The molecule has 1 N–H and O–H groups in total. The van der Waals surface area contributed by atoms with E-state index in [1.807, 2.05) is 30.6 Å². The number of nitrogens with zero attached hydrogens (tertiary/aromatic N) is 3. The fraction of sp³-hybridized carbons (Fsp3) is 0.429. The molecule has 0 aliphatic heterocycles. The summed E-state index contributed by atoms with van der Waals surface area (Å²) in [4.78, 5) is 12.3. The second-order valence-electron chi connectivity index (χ2n) is 4.21. The van der Waals surface area contributed by atoms with Gasteiger partial charge in [0, 0.05) is 43.4 Å². The van der Waals surface area contributed by atoms with E-state index in [0.717, 1.165) is 37.0 Å². The highest BCUT2D eigenvalue weighted by atomic mass is 32.1. The average molecular weight is 276 g/mol. The molecule has 102 valence electrons. The van der Waals surface area contributed by atoms with Crippen LogP contribution in [-0.2, 0) is 13.1 Å². The molecule has 0 saturated heterocycles. The molecular weight excluding hydrogens is 256 g/mol. The van der Waals surface area contributed by atoms with Gasteiger partial charge in [-0.05, 0) is 26.0 Å². The van der Waals surface area contributed by atoms with Crippen LogP contribution in [0.3, 0.4) is 0 Å². The Hall–Kier alpha value is -1.46. The molecule has 0 fully saturated rings. The predicted molar refractivity (Wildman–Crippen MR) is 80.5 cm³/mol. The van der Waals surface area contributed by atoms with Crippen LogP contribution in [0.1, 0.15) is 24.4 Å². The number of hydrogen-bond donors (Lipinski definition) is 1. The van der Waals surface area contributed by atoms with Crippen molar-refractivity contribution in [3.8, 4) is 0 Å². The summed E-state index contributed by atoms with van der Waals surface area (Å²) in [5.41, 5.74) is 1.07. The molecule has 4 nitrogen and oxygen atoms in total. The summed E-state index contributed by atoms with van der Waals surface area (Å²) in [6.45, 7) is 7.96. The molecule has 5 heteroatoms. The Balaban J connectivity index is 1.83. The van der Waals surface area contributed by atoms with E-state index in [1.165, 1.54) is 4.88 Å². The highest BCUT2D eigenvalue weighted by molar-refractivity contribution is 7.15. The number of rotatable bonds is 7. The third kappa shape index (κ3) is 4.01. The summed E-state index contributed by atoms with van der Waals surface area (Å²) >= 11 is 1.76. The zero-order chi connectivity index (χ0) is 13.5. The zero-order valence-electron chi connectivity index (χ0n) is 11.5. The van der Waals surface area contributed by atoms with Crippen molar-refractivity contribution in [2.24, 2.45) is 0 Å². The summed E-state index contributed by atoms with van der Waals surface area (Å²) in [7, 11) is 0. The van der Waals surface area contributed by atoms with E-state index in [4.69, 9.17) is 0 Å². The van der Waals surface area contributed by atoms with Crippen molar-refractivity contribution in [2.45, 2.75) is 26.9 Å². The van der Waals surface area contributed by atoms with Gasteiger partial charge in [-0.25, -0.2) is 4.98 Å². The number of pyridine rings is 1. The average Bonchev–Trinajstić information content (AvgIpc) is 2.90. The third-order valence-electron chi connectivity index (χ3n) is 2.91. The van der Waals surface area contributed by atoms with Crippen LogP contribution in [0.25, 0.3) is 0 Å². The molecule has 0 unspecified atom stereocenters. The summed E-state index contributed by atoms with van der Waals surface area (Å²) < 4.78 is 0. The zero-order valence-corrected chi connectivity index (χ0v) is 12.3. The van der Waals surface area contributed by atoms with Gasteiger partial charge in [0.25, 0.3) is 0 Å². The molecule has 2 aromatic rings. The summed E-state index contributed by atoms with van der Waals surface area (Å²) in [5, 5.41) is 4.51. The first kappa shape index (κ1) is 14.0.